The average molecular weight is 455 g/mol. The largest absolute Gasteiger partial charge is 0.379 e. The lowest BCUT2D eigenvalue weighted by atomic mass is 10.1. The maximum atomic E-state index is 13.4. The van der Waals surface area contributed by atoms with E-state index in [1.165, 1.54) is 0 Å². The van der Waals surface area contributed by atoms with E-state index in [2.05, 4.69) is 21.7 Å². The first-order valence-electron chi connectivity index (χ1n) is 11.4. The second kappa shape index (κ2) is 10.9. The van der Waals surface area contributed by atoms with E-state index in [-0.39, 0.29) is 11.9 Å². The number of halogens is 1. The van der Waals surface area contributed by atoms with Crippen LogP contribution in [0.15, 0.2) is 48.5 Å². The lowest BCUT2D eigenvalue weighted by molar-refractivity contribution is -0.124. The SMILES string of the molecule is CCCC(C(=O)NCCN1CCOCC1)n1c(Cc2ccccc2Cl)nc2ccccc21. The van der Waals surface area contributed by atoms with Crippen LogP contribution in [0.4, 0.5) is 0 Å². The second-order valence-corrected chi connectivity index (χ2v) is 8.61. The Labute approximate surface area is 194 Å². The summed E-state index contributed by atoms with van der Waals surface area (Å²) < 4.78 is 7.53. The molecule has 3 aromatic rings. The van der Waals surface area contributed by atoms with Gasteiger partial charge < -0.3 is 14.6 Å². The van der Waals surface area contributed by atoms with Crippen molar-refractivity contribution in [1.82, 2.24) is 19.8 Å². The maximum Gasteiger partial charge on any atom is 0.243 e. The van der Waals surface area contributed by atoms with Crippen LogP contribution in [-0.2, 0) is 16.0 Å². The minimum absolute atomic E-state index is 0.0451. The maximum absolute atomic E-state index is 13.4. The highest BCUT2D eigenvalue weighted by Crippen LogP contribution is 2.27. The van der Waals surface area contributed by atoms with E-state index in [1.54, 1.807) is 0 Å². The summed E-state index contributed by atoms with van der Waals surface area (Å²) >= 11 is 6.44. The molecule has 0 spiro atoms. The Hall–Kier alpha value is -2.41. The number of carbonyl (C=O) groups excluding carboxylic acids is 1. The summed E-state index contributed by atoms with van der Waals surface area (Å²) in [6.45, 7) is 6.94. The third kappa shape index (κ3) is 5.31. The van der Waals surface area contributed by atoms with E-state index in [1.807, 2.05) is 48.5 Å². The molecule has 0 radical (unpaired) electrons. The molecule has 2 aromatic carbocycles. The van der Waals surface area contributed by atoms with Crippen LogP contribution in [0, 0.1) is 0 Å². The minimum Gasteiger partial charge on any atom is -0.379 e. The molecule has 1 aliphatic rings. The number of rotatable bonds is 9. The number of morpholine rings is 1. The monoisotopic (exact) mass is 454 g/mol. The number of hydrogen-bond donors (Lipinski definition) is 1. The summed E-state index contributed by atoms with van der Waals surface area (Å²) in [6.07, 6.45) is 2.23. The smallest absolute Gasteiger partial charge is 0.243 e. The highest BCUT2D eigenvalue weighted by molar-refractivity contribution is 6.31. The summed E-state index contributed by atoms with van der Waals surface area (Å²) in [5, 5.41) is 3.89. The fourth-order valence-corrected chi connectivity index (χ4v) is 4.51. The number of para-hydroxylation sites is 2. The molecule has 7 heteroatoms. The van der Waals surface area contributed by atoms with Crippen molar-refractivity contribution in [2.24, 2.45) is 0 Å². The predicted octanol–water partition coefficient (Wildman–Crippen LogP) is 4.07. The Morgan fingerprint density at radius 1 is 1.16 bits per heavy atom. The molecule has 6 nitrogen and oxygen atoms in total. The van der Waals surface area contributed by atoms with Gasteiger partial charge in [0, 0.05) is 37.6 Å². The summed E-state index contributed by atoms with van der Waals surface area (Å²) in [6, 6.07) is 15.5. The molecular weight excluding hydrogens is 424 g/mol. The van der Waals surface area contributed by atoms with Crippen LogP contribution in [0.25, 0.3) is 11.0 Å². The first-order chi connectivity index (χ1) is 15.7. The third-order valence-electron chi connectivity index (χ3n) is 5.98. The van der Waals surface area contributed by atoms with Gasteiger partial charge in [-0.25, -0.2) is 4.98 Å². The van der Waals surface area contributed by atoms with Gasteiger partial charge >= 0.3 is 0 Å². The number of carbonyl (C=O) groups is 1. The number of hydrogen-bond acceptors (Lipinski definition) is 4. The zero-order chi connectivity index (χ0) is 22.3. The zero-order valence-electron chi connectivity index (χ0n) is 18.6. The Kier molecular flexibility index (Phi) is 7.79. The van der Waals surface area contributed by atoms with Crippen molar-refractivity contribution in [1.29, 1.82) is 0 Å². The van der Waals surface area contributed by atoms with E-state index in [0.717, 1.165) is 68.1 Å². The fraction of sp³-hybridized carbons (Fsp3) is 0.440. The van der Waals surface area contributed by atoms with Crippen molar-refractivity contribution >= 4 is 28.5 Å². The summed E-state index contributed by atoms with van der Waals surface area (Å²) in [5.74, 6) is 0.907. The van der Waals surface area contributed by atoms with Crippen molar-refractivity contribution < 1.29 is 9.53 Å². The van der Waals surface area contributed by atoms with Crippen molar-refractivity contribution in [3.05, 3.63) is 64.9 Å². The predicted molar refractivity (Wildman–Crippen MR) is 128 cm³/mol. The number of ether oxygens (including phenoxy) is 1. The van der Waals surface area contributed by atoms with Gasteiger partial charge in [0.1, 0.15) is 11.9 Å². The molecule has 1 unspecified atom stereocenters. The third-order valence-corrected chi connectivity index (χ3v) is 6.35. The molecule has 0 aliphatic carbocycles. The molecule has 32 heavy (non-hydrogen) atoms. The summed E-state index contributed by atoms with van der Waals surface area (Å²) in [4.78, 5) is 20.6. The number of nitrogens with one attached hydrogen (secondary N) is 1. The van der Waals surface area contributed by atoms with Gasteiger partial charge in [0.15, 0.2) is 0 Å². The van der Waals surface area contributed by atoms with E-state index >= 15 is 0 Å². The number of amides is 1. The van der Waals surface area contributed by atoms with Crippen LogP contribution in [-0.4, -0.2) is 59.8 Å². The molecule has 1 aliphatic heterocycles. The second-order valence-electron chi connectivity index (χ2n) is 8.20. The first kappa shape index (κ1) is 22.8. The number of nitrogens with zero attached hydrogens (tertiary/aromatic N) is 3. The lowest BCUT2D eigenvalue weighted by Gasteiger charge is -2.27. The van der Waals surface area contributed by atoms with Crippen molar-refractivity contribution in [3.8, 4) is 0 Å². The molecule has 1 atom stereocenters. The molecule has 2 heterocycles. The van der Waals surface area contributed by atoms with Gasteiger partial charge in [0.05, 0.1) is 24.2 Å². The molecule has 4 rings (SSSR count). The minimum atomic E-state index is -0.311. The van der Waals surface area contributed by atoms with E-state index < -0.39 is 0 Å². The molecule has 1 aromatic heterocycles. The molecule has 0 saturated carbocycles. The molecule has 0 bridgehead atoms. The average Bonchev–Trinajstić information content (AvgIpc) is 3.17. The van der Waals surface area contributed by atoms with Crippen molar-refractivity contribution in [3.63, 3.8) is 0 Å². The van der Waals surface area contributed by atoms with Gasteiger partial charge in [0.2, 0.25) is 5.91 Å². The van der Waals surface area contributed by atoms with Gasteiger partial charge in [-0.1, -0.05) is 55.3 Å². The van der Waals surface area contributed by atoms with Gasteiger partial charge in [0.25, 0.3) is 0 Å². The number of aromatic nitrogens is 2. The van der Waals surface area contributed by atoms with Gasteiger partial charge in [-0.2, -0.15) is 0 Å². The zero-order valence-corrected chi connectivity index (χ0v) is 19.4. The van der Waals surface area contributed by atoms with Crippen LogP contribution in [0.1, 0.15) is 37.2 Å². The molecular formula is C25H31ClN4O2. The fourth-order valence-electron chi connectivity index (χ4n) is 4.31. The molecule has 1 amide bonds. The van der Waals surface area contributed by atoms with Crippen molar-refractivity contribution in [2.75, 3.05) is 39.4 Å². The summed E-state index contributed by atoms with van der Waals surface area (Å²) in [5.41, 5.74) is 2.89. The number of fused-ring (bicyclic) bond motifs is 1. The van der Waals surface area contributed by atoms with Gasteiger partial charge in [-0.15, -0.1) is 0 Å². The van der Waals surface area contributed by atoms with Crippen LogP contribution in [0.2, 0.25) is 5.02 Å². The van der Waals surface area contributed by atoms with Gasteiger partial charge in [-0.3, -0.25) is 9.69 Å². The lowest BCUT2D eigenvalue weighted by Crippen LogP contribution is -2.42. The molecule has 1 fully saturated rings. The highest BCUT2D eigenvalue weighted by atomic mass is 35.5. The quantitative estimate of drug-likeness (QED) is 0.529. The van der Waals surface area contributed by atoms with Crippen molar-refractivity contribution in [2.45, 2.75) is 32.2 Å². The van der Waals surface area contributed by atoms with E-state index in [4.69, 9.17) is 21.3 Å². The van der Waals surface area contributed by atoms with Crippen LogP contribution < -0.4 is 5.32 Å². The van der Waals surface area contributed by atoms with Crippen LogP contribution >= 0.6 is 11.6 Å². The van der Waals surface area contributed by atoms with E-state index in [0.29, 0.717) is 18.0 Å². The normalized spacial score (nSPS) is 15.7. The topological polar surface area (TPSA) is 59.4 Å². The highest BCUT2D eigenvalue weighted by Gasteiger charge is 2.25. The molecule has 1 N–H and O–H groups in total. The Morgan fingerprint density at radius 3 is 2.69 bits per heavy atom. The molecule has 170 valence electrons. The Bertz CT molecular complexity index is 1050. The standard InChI is InChI=1S/C25H31ClN4O2/c1-2-7-23(25(31)27-12-13-29-14-16-32-17-15-29)30-22-11-6-5-10-21(22)28-24(30)18-19-8-3-4-9-20(19)26/h3-6,8-11,23H,2,7,12-18H2,1H3,(H,27,31). The van der Waals surface area contributed by atoms with Gasteiger partial charge in [-0.05, 0) is 30.2 Å². The Morgan fingerprint density at radius 2 is 1.91 bits per heavy atom. The van der Waals surface area contributed by atoms with E-state index in [9.17, 15) is 4.79 Å². The summed E-state index contributed by atoms with van der Waals surface area (Å²) in [7, 11) is 0. The molecule has 1 saturated heterocycles. The number of benzene rings is 2. The van der Waals surface area contributed by atoms with Crippen LogP contribution in [0.5, 0.6) is 0 Å². The first-order valence-corrected chi connectivity index (χ1v) is 11.8. The Balaban J connectivity index is 1.58. The van der Waals surface area contributed by atoms with Crippen LogP contribution in [0.3, 0.4) is 0 Å². The number of imidazole rings is 1.